The van der Waals surface area contributed by atoms with Crippen LogP contribution in [0.2, 0.25) is 5.02 Å². The molecule has 8 heteroatoms. The quantitative estimate of drug-likeness (QED) is 0.684. The largest absolute Gasteiger partial charge is 0.462 e. The Labute approximate surface area is 179 Å². The number of hydrogen-bond donors (Lipinski definition) is 1. The lowest BCUT2D eigenvalue weighted by Gasteiger charge is -2.34. The normalized spacial score (nSPS) is 19.7. The van der Waals surface area contributed by atoms with Crippen LogP contribution >= 0.6 is 22.9 Å². The second-order valence-electron chi connectivity index (χ2n) is 7.05. The van der Waals surface area contributed by atoms with Gasteiger partial charge in [0.2, 0.25) is 5.91 Å². The van der Waals surface area contributed by atoms with E-state index >= 15 is 0 Å². The van der Waals surface area contributed by atoms with E-state index < -0.39 is 5.97 Å². The summed E-state index contributed by atoms with van der Waals surface area (Å²) in [5.41, 5.74) is 1.72. The molecule has 1 aromatic carbocycles. The highest BCUT2D eigenvalue weighted by Gasteiger charge is 2.26. The molecule has 0 saturated carbocycles. The van der Waals surface area contributed by atoms with Crippen molar-refractivity contribution in [3.63, 3.8) is 0 Å². The maximum atomic E-state index is 12.7. The third kappa shape index (κ3) is 5.36. The van der Waals surface area contributed by atoms with Crippen LogP contribution in [0.15, 0.2) is 29.6 Å². The number of rotatable bonds is 6. The van der Waals surface area contributed by atoms with Crippen molar-refractivity contribution in [2.75, 3.05) is 31.6 Å². The highest BCUT2D eigenvalue weighted by molar-refractivity contribution is 7.15. The molecule has 2 heterocycles. The predicted molar refractivity (Wildman–Crippen MR) is 116 cm³/mol. The molecule has 1 aromatic heterocycles. The van der Waals surface area contributed by atoms with Crippen molar-refractivity contribution in [1.29, 1.82) is 0 Å². The minimum absolute atomic E-state index is 0.0789. The predicted octanol–water partition coefficient (Wildman–Crippen LogP) is 4.29. The highest BCUT2D eigenvalue weighted by atomic mass is 35.5. The third-order valence-corrected chi connectivity index (χ3v) is 5.78. The number of carbonyl (C=O) groups excluding carboxylic acids is 2. The lowest BCUT2D eigenvalue weighted by atomic mass is 10.0. The molecule has 1 fully saturated rings. The Balaban J connectivity index is 1.82. The zero-order valence-corrected chi connectivity index (χ0v) is 18.3. The number of ether oxygens (including phenoxy) is 2. The Morgan fingerprint density at radius 3 is 2.59 bits per heavy atom. The van der Waals surface area contributed by atoms with Crippen molar-refractivity contribution in [1.82, 2.24) is 4.90 Å². The Hall–Kier alpha value is -1.93. The van der Waals surface area contributed by atoms with Gasteiger partial charge in [0, 0.05) is 34.6 Å². The molecule has 29 heavy (non-hydrogen) atoms. The van der Waals surface area contributed by atoms with Gasteiger partial charge in [-0.2, -0.15) is 0 Å². The van der Waals surface area contributed by atoms with Gasteiger partial charge >= 0.3 is 5.97 Å². The summed E-state index contributed by atoms with van der Waals surface area (Å²) >= 11 is 7.62. The number of esters is 1. The topological polar surface area (TPSA) is 67.9 Å². The molecule has 6 nitrogen and oxygen atoms in total. The smallest absolute Gasteiger partial charge is 0.341 e. The number of halogens is 1. The van der Waals surface area contributed by atoms with E-state index in [-0.39, 0.29) is 31.3 Å². The van der Waals surface area contributed by atoms with Gasteiger partial charge in [0.15, 0.2) is 0 Å². The molecule has 1 N–H and O–H groups in total. The zero-order valence-electron chi connectivity index (χ0n) is 16.7. The Morgan fingerprint density at radius 1 is 1.24 bits per heavy atom. The van der Waals surface area contributed by atoms with E-state index in [0.717, 1.165) is 5.56 Å². The van der Waals surface area contributed by atoms with E-state index in [1.807, 2.05) is 37.4 Å². The maximum Gasteiger partial charge on any atom is 0.341 e. The molecule has 1 amide bonds. The average molecular weight is 437 g/mol. The standard InChI is InChI=1S/C21H25ClN2O4S/c1-4-27-21(26)19-16(15-7-5-6-8-17(15)22)12-29-20(19)23-18(25)11-24-9-13(2)28-14(3)10-24/h5-8,12-14H,4,9-11H2,1-3H3,(H,23,25)/t13-,14-/m1/s1. The number of amides is 1. The number of hydrogen-bond acceptors (Lipinski definition) is 6. The van der Waals surface area contributed by atoms with E-state index in [9.17, 15) is 9.59 Å². The summed E-state index contributed by atoms with van der Waals surface area (Å²) < 4.78 is 10.9. The minimum Gasteiger partial charge on any atom is -0.462 e. The van der Waals surface area contributed by atoms with Crippen molar-refractivity contribution in [3.05, 3.63) is 40.2 Å². The summed E-state index contributed by atoms with van der Waals surface area (Å²) in [5.74, 6) is -0.656. The molecular weight excluding hydrogens is 412 g/mol. The van der Waals surface area contributed by atoms with E-state index in [2.05, 4.69) is 10.2 Å². The molecule has 156 valence electrons. The van der Waals surface area contributed by atoms with Crippen molar-refractivity contribution >= 4 is 39.8 Å². The molecule has 0 unspecified atom stereocenters. The summed E-state index contributed by atoms with van der Waals surface area (Å²) in [4.78, 5) is 27.4. The van der Waals surface area contributed by atoms with Crippen LogP contribution in [0.25, 0.3) is 11.1 Å². The van der Waals surface area contributed by atoms with Gasteiger partial charge in [-0.25, -0.2) is 4.79 Å². The molecular formula is C21H25ClN2O4S. The van der Waals surface area contributed by atoms with Crippen LogP contribution < -0.4 is 5.32 Å². The van der Waals surface area contributed by atoms with Crippen molar-refractivity contribution in [2.45, 2.75) is 33.0 Å². The summed E-state index contributed by atoms with van der Waals surface area (Å²) in [7, 11) is 0. The second kappa shape index (κ2) is 9.71. The Bertz CT molecular complexity index is 875. The molecule has 0 radical (unpaired) electrons. The number of thiophene rings is 1. The first-order chi connectivity index (χ1) is 13.9. The number of benzene rings is 1. The Kier molecular flexibility index (Phi) is 7.29. The van der Waals surface area contributed by atoms with Crippen LogP contribution in [0.3, 0.4) is 0 Å². The number of nitrogens with one attached hydrogen (secondary N) is 1. The molecule has 0 bridgehead atoms. The van der Waals surface area contributed by atoms with E-state index in [0.29, 0.717) is 34.2 Å². The lowest BCUT2D eigenvalue weighted by Crippen LogP contribution is -2.48. The van der Waals surface area contributed by atoms with Crippen LogP contribution in [0, 0.1) is 0 Å². The SMILES string of the molecule is CCOC(=O)c1c(-c2ccccc2Cl)csc1NC(=O)CN1C[C@@H](C)O[C@H](C)C1. The molecule has 0 spiro atoms. The highest BCUT2D eigenvalue weighted by Crippen LogP contribution is 2.39. The van der Waals surface area contributed by atoms with Crippen LogP contribution in [0.4, 0.5) is 5.00 Å². The minimum atomic E-state index is -0.479. The zero-order chi connectivity index (χ0) is 21.0. The van der Waals surface area contributed by atoms with Gasteiger partial charge in [-0.3, -0.25) is 9.69 Å². The van der Waals surface area contributed by atoms with Crippen LogP contribution in [-0.2, 0) is 14.3 Å². The molecule has 1 aliphatic heterocycles. The number of morpholine rings is 1. The molecule has 0 aliphatic carbocycles. The first-order valence-corrected chi connectivity index (χ1v) is 10.9. The van der Waals surface area contributed by atoms with Gasteiger partial charge in [0.25, 0.3) is 0 Å². The van der Waals surface area contributed by atoms with Crippen LogP contribution in [0.5, 0.6) is 0 Å². The first kappa shape index (κ1) is 21.8. The van der Waals surface area contributed by atoms with E-state index in [4.69, 9.17) is 21.1 Å². The molecule has 2 atom stereocenters. The summed E-state index contributed by atoms with van der Waals surface area (Å²) in [6, 6.07) is 7.29. The van der Waals surface area contributed by atoms with Gasteiger partial charge in [-0.05, 0) is 26.8 Å². The van der Waals surface area contributed by atoms with Crippen LogP contribution in [-0.4, -0.2) is 55.2 Å². The second-order valence-corrected chi connectivity index (χ2v) is 8.34. The average Bonchev–Trinajstić information content (AvgIpc) is 3.04. The van der Waals surface area contributed by atoms with Crippen molar-refractivity contribution in [2.24, 2.45) is 0 Å². The number of anilines is 1. The molecule has 2 aromatic rings. The first-order valence-electron chi connectivity index (χ1n) is 9.60. The fourth-order valence-electron chi connectivity index (χ4n) is 3.52. The van der Waals surface area contributed by atoms with Gasteiger partial charge in [-0.15, -0.1) is 11.3 Å². The maximum absolute atomic E-state index is 12.7. The molecule has 1 saturated heterocycles. The molecule has 1 aliphatic rings. The van der Waals surface area contributed by atoms with Crippen LogP contribution in [0.1, 0.15) is 31.1 Å². The summed E-state index contributed by atoms with van der Waals surface area (Å²) in [5, 5.41) is 5.71. The summed E-state index contributed by atoms with van der Waals surface area (Å²) in [6.45, 7) is 7.60. The van der Waals surface area contributed by atoms with E-state index in [1.54, 1.807) is 13.0 Å². The van der Waals surface area contributed by atoms with Crippen molar-refractivity contribution < 1.29 is 19.1 Å². The monoisotopic (exact) mass is 436 g/mol. The molecule has 3 rings (SSSR count). The van der Waals surface area contributed by atoms with Gasteiger partial charge in [-0.1, -0.05) is 29.8 Å². The Morgan fingerprint density at radius 2 is 1.93 bits per heavy atom. The third-order valence-electron chi connectivity index (χ3n) is 4.55. The fourth-order valence-corrected chi connectivity index (χ4v) is 4.72. The van der Waals surface area contributed by atoms with Gasteiger partial charge in [0.05, 0.1) is 25.4 Å². The summed E-state index contributed by atoms with van der Waals surface area (Å²) in [6.07, 6.45) is 0.158. The fraction of sp³-hybridized carbons (Fsp3) is 0.429. The van der Waals surface area contributed by atoms with Crippen molar-refractivity contribution in [3.8, 4) is 11.1 Å². The lowest BCUT2D eigenvalue weighted by molar-refractivity contribution is -0.121. The van der Waals surface area contributed by atoms with E-state index in [1.165, 1.54) is 11.3 Å². The number of carbonyl (C=O) groups is 2. The van der Waals surface area contributed by atoms with Gasteiger partial charge in [0.1, 0.15) is 10.6 Å². The number of nitrogens with zero attached hydrogens (tertiary/aromatic N) is 1. The van der Waals surface area contributed by atoms with Gasteiger partial charge < -0.3 is 14.8 Å².